The van der Waals surface area contributed by atoms with Crippen molar-refractivity contribution in [3.63, 3.8) is 0 Å². The maximum atomic E-state index is 13.0. The number of hydrogen-bond donors (Lipinski definition) is 0. The first-order valence-electron chi connectivity index (χ1n) is 5.60. The van der Waals surface area contributed by atoms with Crippen molar-refractivity contribution in [1.29, 1.82) is 0 Å². The summed E-state index contributed by atoms with van der Waals surface area (Å²) in [5.41, 5.74) is 3.20. The van der Waals surface area contributed by atoms with E-state index < -0.39 is 0 Å². The van der Waals surface area contributed by atoms with Crippen molar-refractivity contribution in [2.24, 2.45) is 0 Å². The topological polar surface area (TPSA) is 0 Å². The fraction of sp³-hybridized carbons (Fsp3) is 0.200. The molecule has 88 valence electrons. The summed E-state index contributed by atoms with van der Waals surface area (Å²) in [6.45, 7) is 2.04. The van der Waals surface area contributed by atoms with Gasteiger partial charge in [0.2, 0.25) is 0 Å². The highest BCUT2D eigenvalue weighted by Gasteiger charge is 2.09. The molecule has 0 nitrogen and oxygen atoms in total. The van der Waals surface area contributed by atoms with E-state index in [2.05, 4.69) is 0 Å². The van der Waals surface area contributed by atoms with Crippen LogP contribution in [-0.4, -0.2) is 0 Å². The molecule has 0 aromatic heterocycles. The van der Waals surface area contributed by atoms with Crippen LogP contribution in [0, 0.1) is 12.7 Å². The van der Waals surface area contributed by atoms with E-state index >= 15 is 0 Å². The third-order valence-electron chi connectivity index (χ3n) is 2.74. The fourth-order valence-corrected chi connectivity index (χ4v) is 2.09. The van der Waals surface area contributed by atoms with Crippen LogP contribution in [0.4, 0.5) is 4.39 Å². The first-order chi connectivity index (χ1) is 8.15. The summed E-state index contributed by atoms with van der Waals surface area (Å²) in [4.78, 5) is 0. The molecule has 2 heteroatoms. The average molecular weight is 249 g/mol. The maximum absolute atomic E-state index is 13.0. The average Bonchev–Trinajstić information content (AvgIpc) is 2.29. The van der Waals surface area contributed by atoms with Crippen molar-refractivity contribution in [3.05, 3.63) is 71.0 Å². The van der Waals surface area contributed by atoms with E-state index in [1.54, 1.807) is 6.07 Å². The monoisotopic (exact) mass is 248 g/mol. The standard InChI is InChI=1S/C15H14ClF/c1-11-5-7-13(8-6-11)15(16)10-12-3-2-4-14(17)9-12/h2-9,15H,10H2,1H3. The van der Waals surface area contributed by atoms with Gasteiger partial charge in [-0.3, -0.25) is 0 Å². The lowest BCUT2D eigenvalue weighted by Crippen LogP contribution is -1.96. The van der Waals surface area contributed by atoms with E-state index in [4.69, 9.17) is 11.6 Å². The molecule has 17 heavy (non-hydrogen) atoms. The van der Waals surface area contributed by atoms with Crippen LogP contribution >= 0.6 is 11.6 Å². The summed E-state index contributed by atoms with van der Waals surface area (Å²) >= 11 is 6.32. The van der Waals surface area contributed by atoms with Gasteiger partial charge >= 0.3 is 0 Å². The van der Waals surface area contributed by atoms with E-state index in [-0.39, 0.29) is 11.2 Å². The highest BCUT2D eigenvalue weighted by atomic mass is 35.5. The van der Waals surface area contributed by atoms with Crippen LogP contribution in [0.15, 0.2) is 48.5 Å². The van der Waals surface area contributed by atoms with Crippen LogP contribution in [0.3, 0.4) is 0 Å². The molecule has 1 unspecified atom stereocenters. The molecule has 2 aromatic rings. The molecule has 0 amide bonds. The summed E-state index contributed by atoms with van der Waals surface area (Å²) in [5, 5.41) is -0.114. The van der Waals surface area contributed by atoms with Gasteiger partial charge in [0, 0.05) is 0 Å². The SMILES string of the molecule is Cc1ccc(C(Cl)Cc2cccc(F)c2)cc1. The van der Waals surface area contributed by atoms with E-state index in [9.17, 15) is 4.39 Å². The molecule has 0 bridgehead atoms. The minimum atomic E-state index is -0.213. The Morgan fingerprint density at radius 2 is 1.82 bits per heavy atom. The summed E-state index contributed by atoms with van der Waals surface area (Å²) in [5.74, 6) is -0.213. The number of aryl methyl sites for hydroxylation is 1. The molecule has 0 heterocycles. The van der Waals surface area contributed by atoms with Crippen molar-refractivity contribution >= 4 is 11.6 Å². The van der Waals surface area contributed by atoms with Gasteiger partial charge in [0.05, 0.1) is 5.38 Å². The minimum absolute atomic E-state index is 0.114. The second kappa shape index (κ2) is 5.33. The number of hydrogen-bond acceptors (Lipinski definition) is 0. The van der Waals surface area contributed by atoms with Crippen LogP contribution in [0.25, 0.3) is 0 Å². The van der Waals surface area contributed by atoms with Crippen LogP contribution in [0.1, 0.15) is 22.1 Å². The smallest absolute Gasteiger partial charge is 0.123 e. The van der Waals surface area contributed by atoms with Gasteiger partial charge in [-0.05, 0) is 36.6 Å². The Morgan fingerprint density at radius 1 is 1.12 bits per heavy atom. The third-order valence-corrected chi connectivity index (χ3v) is 3.15. The van der Waals surface area contributed by atoms with Gasteiger partial charge in [0.25, 0.3) is 0 Å². The van der Waals surface area contributed by atoms with E-state index in [1.807, 2.05) is 37.3 Å². The zero-order chi connectivity index (χ0) is 12.3. The largest absolute Gasteiger partial charge is 0.207 e. The van der Waals surface area contributed by atoms with Gasteiger partial charge in [0.15, 0.2) is 0 Å². The second-order valence-electron chi connectivity index (χ2n) is 4.21. The van der Waals surface area contributed by atoms with Gasteiger partial charge in [0.1, 0.15) is 5.82 Å². The minimum Gasteiger partial charge on any atom is -0.207 e. The first kappa shape index (κ1) is 12.1. The van der Waals surface area contributed by atoms with E-state index in [0.29, 0.717) is 6.42 Å². The Kier molecular flexibility index (Phi) is 3.80. The Labute approximate surface area is 106 Å². The quantitative estimate of drug-likeness (QED) is 0.694. The van der Waals surface area contributed by atoms with Crippen molar-refractivity contribution in [3.8, 4) is 0 Å². The van der Waals surface area contributed by atoms with Crippen LogP contribution < -0.4 is 0 Å². The fourth-order valence-electron chi connectivity index (χ4n) is 1.76. The number of halogens is 2. The van der Waals surface area contributed by atoms with E-state index in [1.165, 1.54) is 17.7 Å². The normalized spacial score (nSPS) is 12.4. The molecule has 0 fully saturated rings. The molecule has 0 spiro atoms. The highest BCUT2D eigenvalue weighted by Crippen LogP contribution is 2.25. The van der Waals surface area contributed by atoms with Crippen LogP contribution in [0.2, 0.25) is 0 Å². The summed E-state index contributed by atoms with van der Waals surface area (Å²) in [6.07, 6.45) is 0.641. The third kappa shape index (κ3) is 3.31. The molecule has 0 aliphatic heterocycles. The van der Waals surface area contributed by atoms with Gasteiger partial charge < -0.3 is 0 Å². The molecule has 0 aliphatic carbocycles. The zero-order valence-electron chi connectivity index (χ0n) is 9.66. The molecule has 0 aliphatic rings. The lowest BCUT2D eigenvalue weighted by molar-refractivity contribution is 0.625. The maximum Gasteiger partial charge on any atom is 0.123 e. The van der Waals surface area contributed by atoms with Crippen LogP contribution in [0.5, 0.6) is 0 Å². The molecule has 2 rings (SSSR count). The highest BCUT2D eigenvalue weighted by molar-refractivity contribution is 6.20. The molecule has 2 aromatic carbocycles. The lowest BCUT2D eigenvalue weighted by atomic mass is 10.0. The predicted octanol–water partition coefficient (Wildman–Crippen LogP) is 4.66. The van der Waals surface area contributed by atoms with E-state index in [0.717, 1.165) is 11.1 Å². The number of benzene rings is 2. The molecule has 0 N–H and O–H groups in total. The molecule has 1 atom stereocenters. The van der Waals surface area contributed by atoms with Crippen molar-refractivity contribution in [2.45, 2.75) is 18.7 Å². The van der Waals surface area contributed by atoms with Gasteiger partial charge in [-0.25, -0.2) is 4.39 Å². The molecular weight excluding hydrogens is 235 g/mol. The Morgan fingerprint density at radius 3 is 2.47 bits per heavy atom. The Bertz CT molecular complexity index is 491. The predicted molar refractivity (Wildman–Crippen MR) is 69.9 cm³/mol. The number of rotatable bonds is 3. The molecule has 0 radical (unpaired) electrons. The van der Waals surface area contributed by atoms with Gasteiger partial charge in [-0.2, -0.15) is 0 Å². The van der Waals surface area contributed by atoms with Gasteiger partial charge in [-0.15, -0.1) is 11.6 Å². The lowest BCUT2D eigenvalue weighted by Gasteiger charge is -2.10. The Balaban J connectivity index is 2.11. The second-order valence-corrected chi connectivity index (χ2v) is 4.74. The van der Waals surface area contributed by atoms with Crippen molar-refractivity contribution in [1.82, 2.24) is 0 Å². The van der Waals surface area contributed by atoms with Crippen molar-refractivity contribution in [2.75, 3.05) is 0 Å². The molecular formula is C15H14ClF. The molecule has 0 saturated carbocycles. The van der Waals surface area contributed by atoms with Crippen molar-refractivity contribution < 1.29 is 4.39 Å². The summed E-state index contributed by atoms with van der Waals surface area (Å²) in [6, 6.07) is 14.7. The first-order valence-corrected chi connectivity index (χ1v) is 6.04. The summed E-state index contributed by atoms with van der Waals surface area (Å²) in [7, 11) is 0. The van der Waals surface area contributed by atoms with Gasteiger partial charge in [-0.1, -0.05) is 42.0 Å². The summed E-state index contributed by atoms with van der Waals surface area (Å²) < 4.78 is 13.0. The molecule has 0 saturated heterocycles. The Hall–Kier alpha value is -1.34. The zero-order valence-corrected chi connectivity index (χ0v) is 10.4. The van der Waals surface area contributed by atoms with Crippen LogP contribution in [-0.2, 0) is 6.42 Å². The number of alkyl halides is 1.